The summed E-state index contributed by atoms with van der Waals surface area (Å²) in [5, 5.41) is 12.6. The molecule has 1 N–H and O–H groups in total. The van der Waals surface area contributed by atoms with E-state index in [-0.39, 0.29) is 5.57 Å². The highest BCUT2D eigenvalue weighted by molar-refractivity contribution is 6.35. The van der Waals surface area contributed by atoms with E-state index in [2.05, 4.69) is 23.7 Å². The molecule has 0 unspecified atom stereocenters. The average molecular weight is 448 g/mol. The van der Waals surface area contributed by atoms with Crippen LogP contribution in [0.2, 0.25) is 10.0 Å². The number of nitrogens with one attached hydrogen (secondary N) is 1. The smallest absolute Gasteiger partial charge is 0.349 e. The van der Waals surface area contributed by atoms with Gasteiger partial charge in [-0.05, 0) is 55.7 Å². The predicted octanol–water partition coefficient (Wildman–Crippen LogP) is 5.16. The van der Waals surface area contributed by atoms with Crippen molar-refractivity contribution in [3.63, 3.8) is 0 Å². The van der Waals surface area contributed by atoms with Crippen LogP contribution < -0.4 is 5.32 Å². The summed E-state index contributed by atoms with van der Waals surface area (Å²) < 4.78 is 7.13. The molecule has 158 valence electrons. The standard InChI is InChI=1S/C22H23Cl2N3O3/c1-13(2)11-27-14(3)7-16(15(27)4)8-17(10-25)22(29)30-12-21(28)26-20-9-18(23)5-6-19(20)24/h5-9,13H,11-12H2,1-4H3,(H,26,28)/b17-8+. The van der Waals surface area contributed by atoms with Gasteiger partial charge in [0, 0.05) is 23.0 Å². The molecule has 6 nitrogen and oxygen atoms in total. The zero-order valence-corrected chi connectivity index (χ0v) is 18.8. The highest BCUT2D eigenvalue weighted by atomic mass is 35.5. The van der Waals surface area contributed by atoms with Gasteiger partial charge in [-0.3, -0.25) is 4.79 Å². The number of aromatic nitrogens is 1. The van der Waals surface area contributed by atoms with E-state index in [4.69, 9.17) is 27.9 Å². The van der Waals surface area contributed by atoms with Gasteiger partial charge in [0.2, 0.25) is 0 Å². The number of anilines is 1. The molecular weight excluding hydrogens is 425 g/mol. The van der Waals surface area contributed by atoms with E-state index in [1.807, 2.05) is 26.0 Å². The monoisotopic (exact) mass is 447 g/mol. The maximum absolute atomic E-state index is 12.3. The third-order valence-corrected chi connectivity index (χ3v) is 4.90. The summed E-state index contributed by atoms with van der Waals surface area (Å²) in [7, 11) is 0. The van der Waals surface area contributed by atoms with Crippen molar-refractivity contribution in [2.24, 2.45) is 5.92 Å². The molecule has 1 heterocycles. The number of carbonyl (C=O) groups is 2. The summed E-state index contributed by atoms with van der Waals surface area (Å²) in [5.41, 5.74) is 2.87. The number of carbonyl (C=O) groups excluding carboxylic acids is 2. The number of hydrogen-bond acceptors (Lipinski definition) is 4. The summed E-state index contributed by atoms with van der Waals surface area (Å²) in [6, 6.07) is 8.36. The Balaban J connectivity index is 2.07. The van der Waals surface area contributed by atoms with Gasteiger partial charge < -0.3 is 14.6 Å². The molecule has 2 aromatic rings. The second-order valence-corrected chi connectivity index (χ2v) is 8.09. The Morgan fingerprint density at radius 3 is 2.60 bits per heavy atom. The first-order valence-electron chi connectivity index (χ1n) is 9.33. The van der Waals surface area contributed by atoms with Crippen molar-refractivity contribution in [1.29, 1.82) is 5.26 Å². The van der Waals surface area contributed by atoms with Gasteiger partial charge in [-0.15, -0.1) is 0 Å². The fourth-order valence-electron chi connectivity index (χ4n) is 2.90. The quantitative estimate of drug-likeness (QED) is 0.361. The van der Waals surface area contributed by atoms with Crippen LogP contribution in [0.1, 0.15) is 30.8 Å². The summed E-state index contributed by atoms with van der Waals surface area (Å²) >= 11 is 11.9. The maximum Gasteiger partial charge on any atom is 0.349 e. The molecule has 0 saturated carbocycles. The lowest BCUT2D eigenvalue weighted by molar-refractivity contribution is -0.142. The van der Waals surface area contributed by atoms with Gasteiger partial charge in [-0.2, -0.15) is 5.26 Å². The molecule has 0 bridgehead atoms. The number of halogens is 2. The van der Waals surface area contributed by atoms with Crippen molar-refractivity contribution in [2.75, 3.05) is 11.9 Å². The van der Waals surface area contributed by atoms with E-state index >= 15 is 0 Å². The van der Waals surface area contributed by atoms with Crippen LogP contribution in [0.5, 0.6) is 0 Å². The van der Waals surface area contributed by atoms with Crippen LogP contribution in [-0.4, -0.2) is 23.1 Å². The number of aryl methyl sites for hydroxylation is 1. The lowest BCUT2D eigenvalue weighted by atomic mass is 10.1. The summed E-state index contributed by atoms with van der Waals surface area (Å²) in [6.45, 7) is 8.42. The number of amides is 1. The maximum atomic E-state index is 12.3. The zero-order valence-electron chi connectivity index (χ0n) is 17.3. The van der Waals surface area contributed by atoms with Gasteiger partial charge in [0.1, 0.15) is 11.6 Å². The van der Waals surface area contributed by atoms with E-state index in [9.17, 15) is 14.9 Å². The Morgan fingerprint density at radius 1 is 1.27 bits per heavy atom. The van der Waals surface area contributed by atoms with Gasteiger partial charge in [0.05, 0.1) is 10.7 Å². The Labute approximate surface area is 186 Å². The molecule has 0 aliphatic rings. The SMILES string of the molecule is Cc1cc(/C=C(\C#N)C(=O)OCC(=O)Nc2cc(Cl)ccc2Cl)c(C)n1CC(C)C. The van der Waals surface area contributed by atoms with E-state index in [0.717, 1.165) is 23.5 Å². The van der Waals surface area contributed by atoms with Crippen LogP contribution in [0, 0.1) is 31.1 Å². The van der Waals surface area contributed by atoms with Crippen LogP contribution in [0.25, 0.3) is 6.08 Å². The Hall–Kier alpha value is -2.75. The highest BCUT2D eigenvalue weighted by Gasteiger charge is 2.16. The van der Waals surface area contributed by atoms with Gasteiger partial charge in [0.25, 0.3) is 5.91 Å². The van der Waals surface area contributed by atoms with Crippen LogP contribution in [0.3, 0.4) is 0 Å². The Bertz CT molecular complexity index is 1030. The molecule has 0 atom stereocenters. The molecule has 2 rings (SSSR count). The minimum atomic E-state index is -0.876. The highest BCUT2D eigenvalue weighted by Crippen LogP contribution is 2.25. The van der Waals surface area contributed by atoms with Gasteiger partial charge in [0.15, 0.2) is 6.61 Å². The molecule has 0 radical (unpaired) electrons. The van der Waals surface area contributed by atoms with Crippen LogP contribution in [0.15, 0.2) is 29.8 Å². The third kappa shape index (κ3) is 6.12. The molecule has 0 aliphatic heterocycles. The lowest BCUT2D eigenvalue weighted by Gasteiger charge is -2.12. The van der Waals surface area contributed by atoms with Gasteiger partial charge in [-0.1, -0.05) is 37.0 Å². The minimum Gasteiger partial charge on any atom is -0.451 e. The Kier molecular flexibility index (Phi) is 8.10. The van der Waals surface area contributed by atoms with Crippen LogP contribution >= 0.6 is 23.2 Å². The van der Waals surface area contributed by atoms with E-state index in [1.165, 1.54) is 18.2 Å². The van der Waals surface area contributed by atoms with E-state index in [0.29, 0.717) is 21.7 Å². The number of rotatable bonds is 7. The molecule has 1 aromatic carbocycles. The average Bonchev–Trinajstić information content (AvgIpc) is 2.94. The molecule has 0 spiro atoms. The predicted molar refractivity (Wildman–Crippen MR) is 118 cm³/mol. The second kappa shape index (κ2) is 10.3. The van der Waals surface area contributed by atoms with Gasteiger partial charge in [-0.25, -0.2) is 4.79 Å². The van der Waals surface area contributed by atoms with Crippen LogP contribution in [-0.2, 0) is 20.9 Å². The summed E-state index contributed by atoms with van der Waals surface area (Å²) in [6.07, 6.45) is 1.48. The van der Waals surface area contributed by atoms with Crippen molar-refractivity contribution in [2.45, 2.75) is 34.2 Å². The van der Waals surface area contributed by atoms with Crippen molar-refractivity contribution in [3.05, 3.63) is 56.8 Å². The second-order valence-electron chi connectivity index (χ2n) is 7.25. The van der Waals surface area contributed by atoms with Crippen molar-refractivity contribution >= 4 is 46.8 Å². The van der Waals surface area contributed by atoms with Crippen molar-refractivity contribution in [3.8, 4) is 6.07 Å². The normalized spacial score (nSPS) is 11.3. The fourth-order valence-corrected chi connectivity index (χ4v) is 3.24. The molecule has 30 heavy (non-hydrogen) atoms. The molecule has 1 amide bonds. The summed E-state index contributed by atoms with van der Waals surface area (Å²) in [4.78, 5) is 24.3. The molecule has 1 aromatic heterocycles. The molecule has 8 heteroatoms. The number of hydrogen-bond donors (Lipinski definition) is 1. The molecule has 0 saturated heterocycles. The third-order valence-electron chi connectivity index (χ3n) is 4.34. The number of ether oxygens (including phenoxy) is 1. The summed E-state index contributed by atoms with van der Waals surface area (Å²) in [5.74, 6) is -1.02. The number of nitriles is 1. The van der Waals surface area contributed by atoms with E-state index < -0.39 is 18.5 Å². The van der Waals surface area contributed by atoms with Gasteiger partial charge >= 0.3 is 5.97 Å². The van der Waals surface area contributed by atoms with Crippen molar-refractivity contribution < 1.29 is 14.3 Å². The number of esters is 1. The van der Waals surface area contributed by atoms with Crippen LogP contribution in [0.4, 0.5) is 5.69 Å². The first-order valence-corrected chi connectivity index (χ1v) is 10.1. The van der Waals surface area contributed by atoms with Crippen molar-refractivity contribution in [1.82, 2.24) is 4.57 Å². The lowest BCUT2D eigenvalue weighted by Crippen LogP contribution is -2.21. The fraction of sp³-hybridized carbons (Fsp3) is 0.318. The minimum absolute atomic E-state index is 0.187. The number of nitrogens with zero attached hydrogens (tertiary/aromatic N) is 2. The molecule has 0 fully saturated rings. The largest absolute Gasteiger partial charge is 0.451 e. The first-order chi connectivity index (χ1) is 14.1. The topological polar surface area (TPSA) is 84.1 Å². The van der Waals surface area contributed by atoms with E-state index in [1.54, 1.807) is 6.07 Å². The first kappa shape index (κ1) is 23.5. The molecular formula is C22H23Cl2N3O3. The zero-order chi connectivity index (χ0) is 22.4. The molecule has 0 aliphatic carbocycles. The Morgan fingerprint density at radius 2 is 1.97 bits per heavy atom. The number of benzene rings is 1.